The van der Waals surface area contributed by atoms with Crippen LogP contribution in [0, 0.1) is 6.92 Å². The van der Waals surface area contributed by atoms with Crippen LogP contribution in [0.25, 0.3) is 0 Å². The van der Waals surface area contributed by atoms with Crippen molar-refractivity contribution in [2.45, 2.75) is 13.0 Å². The molecule has 0 amide bonds. The second-order valence-corrected chi connectivity index (χ2v) is 6.69. The molecule has 2 rings (SSSR count). The third kappa shape index (κ3) is 2.87. The number of nitrogens with two attached hydrogens (primary N) is 1. The summed E-state index contributed by atoms with van der Waals surface area (Å²) in [6.07, 6.45) is 0. The maximum atomic E-state index is 6.36. The predicted octanol–water partition coefficient (Wildman–Crippen LogP) is 5.33. The van der Waals surface area contributed by atoms with Crippen molar-refractivity contribution in [1.29, 1.82) is 0 Å². The Bertz CT molecular complexity index is 581. The van der Waals surface area contributed by atoms with Crippen LogP contribution in [0.1, 0.15) is 22.7 Å². The topological polar surface area (TPSA) is 26.0 Å². The van der Waals surface area contributed by atoms with E-state index in [-0.39, 0.29) is 6.04 Å². The maximum absolute atomic E-state index is 6.36. The van der Waals surface area contributed by atoms with Gasteiger partial charge in [-0.1, -0.05) is 66.0 Å². The summed E-state index contributed by atoms with van der Waals surface area (Å²) in [5, 5.41) is 0. The lowest BCUT2D eigenvalue weighted by atomic mass is 9.99. The Labute approximate surface area is 132 Å². The Morgan fingerprint density at radius 3 is 2.22 bits per heavy atom. The fourth-order valence-electron chi connectivity index (χ4n) is 1.79. The zero-order valence-corrected chi connectivity index (χ0v) is 14.5. The molecule has 0 saturated carbocycles. The Morgan fingerprint density at radius 1 is 0.889 bits per heavy atom. The lowest BCUT2D eigenvalue weighted by Gasteiger charge is -2.17. The molecule has 1 unspecified atom stereocenters. The Balaban J connectivity index is 2.50. The van der Waals surface area contributed by atoms with Crippen molar-refractivity contribution in [2.75, 3.05) is 0 Å². The van der Waals surface area contributed by atoms with Crippen LogP contribution in [0.5, 0.6) is 0 Å². The number of rotatable bonds is 2. The molecular formula is C14H12Br3N. The second-order valence-electron chi connectivity index (χ2n) is 4.12. The van der Waals surface area contributed by atoms with Crippen LogP contribution in [-0.2, 0) is 0 Å². The molecule has 0 radical (unpaired) electrons. The molecule has 0 aliphatic heterocycles. The third-order valence-electron chi connectivity index (χ3n) is 2.85. The molecule has 0 fully saturated rings. The number of hydrogen-bond donors (Lipinski definition) is 1. The molecule has 4 heteroatoms. The van der Waals surface area contributed by atoms with Crippen molar-refractivity contribution in [3.8, 4) is 0 Å². The Hall–Kier alpha value is -0.160. The van der Waals surface area contributed by atoms with E-state index in [2.05, 4.69) is 66.8 Å². The van der Waals surface area contributed by atoms with Gasteiger partial charge in [-0.2, -0.15) is 0 Å². The van der Waals surface area contributed by atoms with Crippen molar-refractivity contribution < 1.29 is 0 Å². The summed E-state index contributed by atoms with van der Waals surface area (Å²) in [7, 11) is 0. The molecule has 94 valence electrons. The first-order chi connectivity index (χ1) is 8.50. The Kier molecular flexibility index (Phi) is 4.64. The lowest BCUT2D eigenvalue weighted by molar-refractivity contribution is 0.858. The molecule has 0 heterocycles. The number of halogens is 3. The van der Waals surface area contributed by atoms with Gasteiger partial charge in [-0.25, -0.2) is 0 Å². The minimum Gasteiger partial charge on any atom is -0.320 e. The SMILES string of the molecule is Cc1cc(Br)c(C(N)c2ccccc2Br)cc1Br. The molecule has 0 aromatic heterocycles. The van der Waals surface area contributed by atoms with E-state index in [1.54, 1.807) is 0 Å². The van der Waals surface area contributed by atoms with Crippen molar-refractivity contribution in [3.05, 3.63) is 66.5 Å². The summed E-state index contributed by atoms with van der Waals surface area (Å²) in [5.41, 5.74) is 9.69. The normalized spacial score (nSPS) is 12.5. The van der Waals surface area contributed by atoms with Crippen molar-refractivity contribution in [2.24, 2.45) is 5.73 Å². The van der Waals surface area contributed by atoms with E-state index >= 15 is 0 Å². The van der Waals surface area contributed by atoms with Gasteiger partial charge in [0, 0.05) is 13.4 Å². The van der Waals surface area contributed by atoms with Crippen molar-refractivity contribution >= 4 is 47.8 Å². The summed E-state index contributed by atoms with van der Waals surface area (Å²) in [6.45, 7) is 2.06. The van der Waals surface area contributed by atoms with E-state index < -0.39 is 0 Å². The largest absolute Gasteiger partial charge is 0.320 e. The number of aryl methyl sites for hydroxylation is 1. The predicted molar refractivity (Wildman–Crippen MR) is 86.8 cm³/mol. The highest BCUT2D eigenvalue weighted by molar-refractivity contribution is 9.11. The zero-order valence-electron chi connectivity index (χ0n) is 9.75. The molecule has 0 bridgehead atoms. The van der Waals surface area contributed by atoms with Crippen molar-refractivity contribution in [3.63, 3.8) is 0 Å². The van der Waals surface area contributed by atoms with Gasteiger partial charge in [0.2, 0.25) is 0 Å². The van der Waals surface area contributed by atoms with E-state index in [1.165, 1.54) is 5.56 Å². The fraction of sp³-hybridized carbons (Fsp3) is 0.143. The van der Waals surface area contributed by atoms with Crippen LogP contribution in [0.3, 0.4) is 0 Å². The average Bonchev–Trinajstić information content (AvgIpc) is 2.33. The van der Waals surface area contributed by atoms with Crippen LogP contribution < -0.4 is 5.73 Å². The quantitative estimate of drug-likeness (QED) is 0.680. The highest BCUT2D eigenvalue weighted by Gasteiger charge is 2.15. The minimum atomic E-state index is -0.160. The average molecular weight is 434 g/mol. The molecule has 2 N–H and O–H groups in total. The molecule has 1 nitrogen and oxygen atoms in total. The monoisotopic (exact) mass is 431 g/mol. The van der Waals surface area contributed by atoms with E-state index in [0.29, 0.717) is 0 Å². The highest BCUT2D eigenvalue weighted by Crippen LogP contribution is 2.34. The van der Waals surface area contributed by atoms with E-state index in [9.17, 15) is 0 Å². The van der Waals surface area contributed by atoms with E-state index in [1.807, 2.05) is 24.3 Å². The van der Waals surface area contributed by atoms with Gasteiger partial charge in [0.05, 0.1) is 6.04 Å². The maximum Gasteiger partial charge on any atom is 0.0574 e. The smallest absolute Gasteiger partial charge is 0.0574 e. The van der Waals surface area contributed by atoms with Gasteiger partial charge >= 0.3 is 0 Å². The first kappa shape index (κ1) is 14.3. The second kappa shape index (κ2) is 5.87. The van der Waals surface area contributed by atoms with E-state index in [4.69, 9.17) is 5.73 Å². The summed E-state index contributed by atoms with van der Waals surface area (Å²) >= 11 is 10.7. The van der Waals surface area contributed by atoms with Gasteiger partial charge in [-0.3, -0.25) is 0 Å². The third-order valence-corrected chi connectivity index (χ3v) is 5.12. The van der Waals surface area contributed by atoms with Crippen LogP contribution in [0.4, 0.5) is 0 Å². The Morgan fingerprint density at radius 2 is 1.56 bits per heavy atom. The summed E-state index contributed by atoms with van der Waals surface area (Å²) in [5.74, 6) is 0. The van der Waals surface area contributed by atoms with Gasteiger partial charge in [0.25, 0.3) is 0 Å². The van der Waals surface area contributed by atoms with Crippen LogP contribution in [0.15, 0.2) is 49.8 Å². The van der Waals surface area contributed by atoms with Gasteiger partial charge in [0.1, 0.15) is 0 Å². The molecule has 2 aromatic rings. The van der Waals surface area contributed by atoms with Gasteiger partial charge in [-0.15, -0.1) is 0 Å². The summed E-state index contributed by atoms with van der Waals surface area (Å²) in [6, 6.07) is 12.0. The first-order valence-electron chi connectivity index (χ1n) is 5.46. The molecular weight excluding hydrogens is 422 g/mol. The minimum absolute atomic E-state index is 0.160. The number of hydrogen-bond acceptors (Lipinski definition) is 1. The standard InChI is InChI=1S/C14H12Br3N/c1-8-6-13(17)10(7-12(8)16)14(18)9-4-2-3-5-11(9)15/h2-7,14H,18H2,1H3. The molecule has 18 heavy (non-hydrogen) atoms. The lowest BCUT2D eigenvalue weighted by Crippen LogP contribution is -2.13. The van der Waals surface area contributed by atoms with Crippen LogP contribution in [-0.4, -0.2) is 0 Å². The van der Waals surface area contributed by atoms with Gasteiger partial charge in [0.15, 0.2) is 0 Å². The van der Waals surface area contributed by atoms with Gasteiger partial charge in [-0.05, 0) is 41.8 Å². The molecule has 0 aliphatic rings. The summed E-state index contributed by atoms with van der Waals surface area (Å²) in [4.78, 5) is 0. The molecule has 1 atom stereocenters. The first-order valence-corrected chi connectivity index (χ1v) is 7.84. The molecule has 0 spiro atoms. The highest BCUT2D eigenvalue weighted by atomic mass is 79.9. The zero-order chi connectivity index (χ0) is 13.3. The van der Waals surface area contributed by atoms with Gasteiger partial charge < -0.3 is 5.73 Å². The van der Waals surface area contributed by atoms with Crippen molar-refractivity contribution in [1.82, 2.24) is 0 Å². The fourth-order valence-corrected chi connectivity index (χ4v) is 3.39. The molecule has 2 aromatic carbocycles. The van der Waals surface area contributed by atoms with Crippen LogP contribution >= 0.6 is 47.8 Å². The summed E-state index contributed by atoms with van der Waals surface area (Å²) < 4.78 is 3.13. The van der Waals surface area contributed by atoms with Crippen LogP contribution in [0.2, 0.25) is 0 Å². The number of benzene rings is 2. The molecule has 0 aliphatic carbocycles. The van der Waals surface area contributed by atoms with E-state index in [0.717, 1.165) is 24.5 Å². The molecule has 0 saturated heterocycles.